The molecule has 0 radical (unpaired) electrons. The number of hydrogen-bond acceptors (Lipinski definition) is 5. The van der Waals surface area contributed by atoms with Gasteiger partial charge in [0, 0.05) is 68.5 Å². The van der Waals surface area contributed by atoms with Crippen molar-refractivity contribution in [2.24, 2.45) is 16.6 Å². The molecule has 3 heterocycles. The number of amides is 1. The molecule has 0 spiro atoms. The van der Waals surface area contributed by atoms with Crippen LogP contribution < -0.4 is 16.0 Å². The van der Waals surface area contributed by atoms with Crippen LogP contribution in [0.15, 0.2) is 23.3 Å². The average Bonchev–Trinajstić information content (AvgIpc) is 2.74. The Morgan fingerprint density at radius 3 is 2.79 bits per heavy atom. The number of nitrogens with two attached hydrogens (primary N) is 1. The van der Waals surface area contributed by atoms with Crippen LogP contribution in [0.3, 0.4) is 0 Å². The predicted octanol–water partition coefficient (Wildman–Crippen LogP) is 2.30. The molecule has 2 aliphatic heterocycles. The summed E-state index contributed by atoms with van der Waals surface area (Å²) in [5.74, 6) is 2.90. The van der Waals surface area contributed by atoms with Gasteiger partial charge in [0.15, 0.2) is 5.96 Å². The lowest BCUT2D eigenvalue weighted by Gasteiger charge is -2.35. The first kappa shape index (κ1) is 24.0. The minimum absolute atomic E-state index is 0. The Hall–Kier alpha value is -1.23. The molecule has 162 valence electrons. The van der Waals surface area contributed by atoms with Gasteiger partial charge < -0.3 is 20.9 Å². The molecule has 1 unspecified atom stereocenters. The first-order chi connectivity index (χ1) is 13.6. The Balaban J connectivity index is 0.00000300. The summed E-state index contributed by atoms with van der Waals surface area (Å²) in [6.07, 6.45) is 4.61. The Bertz CT molecular complexity index is 695. The highest BCUT2D eigenvalue weighted by atomic mass is 127. The Morgan fingerprint density at radius 1 is 1.38 bits per heavy atom. The van der Waals surface area contributed by atoms with E-state index >= 15 is 0 Å². The third kappa shape index (κ3) is 6.37. The molecule has 0 aromatic carbocycles. The van der Waals surface area contributed by atoms with Crippen molar-refractivity contribution < 1.29 is 4.79 Å². The van der Waals surface area contributed by atoms with E-state index in [1.165, 1.54) is 6.42 Å². The van der Waals surface area contributed by atoms with Crippen LogP contribution in [-0.4, -0.2) is 66.0 Å². The fourth-order valence-electron chi connectivity index (χ4n) is 3.89. The van der Waals surface area contributed by atoms with Gasteiger partial charge >= 0.3 is 0 Å². The molecule has 0 bridgehead atoms. The van der Waals surface area contributed by atoms with Gasteiger partial charge in [0.25, 0.3) is 0 Å². The lowest BCUT2D eigenvalue weighted by Crippen LogP contribution is -2.47. The van der Waals surface area contributed by atoms with Gasteiger partial charge in [0.2, 0.25) is 5.91 Å². The molecule has 2 aliphatic rings. The SMILES string of the molecule is CCC1CN(C(=NC)NCc2cccnc2N2CCC(C(N)=O)CC2)CCS1.I. The van der Waals surface area contributed by atoms with Gasteiger partial charge in [0.05, 0.1) is 0 Å². The summed E-state index contributed by atoms with van der Waals surface area (Å²) in [7, 11) is 1.85. The minimum atomic E-state index is -0.184. The number of anilines is 1. The third-order valence-corrected chi connectivity index (χ3v) is 6.98. The number of carbonyl (C=O) groups excluding carboxylic acids is 1. The number of rotatable bonds is 5. The summed E-state index contributed by atoms with van der Waals surface area (Å²) >= 11 is 2.06. The van der Waals surface area contributed by atoms with Crippen molar-refractivity contribution >= 4 is 53.4 Å². The van der Waals surface area contributed by atoms with Gasteiger partial charge in [-0.1, -0.05) is 13.0 Å². The Morgan fingerprint density at radius 2 is 2.14 bits per heavy atom. The van der Waals surface area contributed by atoms with Crippen LogP contribution in [0, 0.1) is 5.92 Å². The van der Waals surface area contributed by atoms with Crippen LogP contribution in [0.1, 0.15) is 31.7 Å². The number of piperidine rings is 1. The van der Waals surface area contributed by atoms with Gasteiger partial charge in [0.1, 0.15) is 5.82 Å². The van der Waals surface area contributed by atoms with Crippen molar-refractivity contribution in [1.82, 2.24) is 15.2 Å². The lowest BCUT2D eigenvalue weighted by molar-refractivity contribution is -0.122. The van der Waals surface area contributed by atoms with E-state index < -0.39 is 0 Å². The molecule has 1 aromatic rings. The Kier molecular flexibility index (Phi) is 9.81. The van der Waals surface area contributed by atoms with Crippen LogP contribution in [0.25, 0.3) is 0 Å². The van der Waals surface area contributed by atoms with Gasteiger partial charge in [-0.25, -0.2) is 4.98 Å². The lowest BCUT2D eigenvalue weighted by atomic mass is 9.96. The number of nitrogens with one attached hydrogen (secondary N) is 1. The van der Waals surface area contributed by atoms with Gasteiger partial charge in [-0.05, 0) is 25.3 Å². The topological polar surface area (TPSA) is 86.8 Å². The molecular formula is C20H33IN6OS. The van der Waals surface area contributed by atoms with E-state index in [2.05, 4.69) is 49.8 Å². The number of carbonyl (C=O) groups is 1. The standard InChI is InChI=1S/C20H32N6OS.HI/c1-3-17-14-26(11-12-28-17)20(22-2)24-13-16-5-4-8-23-19(16)25-9-6-15(7-10-25)18(21)27;/h4-5,8,15,17H,3,6-7,9-14H2,1-2H3,(H2,21,27)(H,22,24);1H. The summed E-state index contributed by atoms with van der Waals surface area (Å²) in [6.45, 7) is 6.64. The van der Waals surface area contributed by atoms with Crippen molar-refractivity contribution in [2.75, 3.05) is 43.9 Å². The number of primary amides is 1. The zero-order valence-electron chi connectivity index (χ0n) is 17.3. The second kappa shape index (κ2) is 11.8. The van der Waals surface area contributed by atoms with E-state index in [0.717, 1.165) is 62.1 Å². The Labute approximate surface area is 195 Å². The fourth-order valence-corrected chi connectivity index (χ4v) is 5.07. The van der Waals surface area contributed by atoms with Crippen molar-refractivity contribution in [3.63, 3.8) is 0 Å². The molecule has 0 saturated carbocycles. The summed E-state index contributed by atoms with van der Waals surface area (Å²) in [6, 6.07) is 4.09. The van der Waals surface area contributed by atoms with Crippen molar-refractivity contribution in [1.29, 1.82) is 0 Å². The first-order valence-corrected chi connectivity index (χ1v) is 11.2. The summed E-state index contributed by atoms with van der Waals surface area (Å²) in [5, 5.41) is 4.21. The molecule has 2 fully saturated rings. The highest BCUT2D eigenvalue weighted by molar-refractivity contribution is 14.0. The van der Waals surface area contributed by atoms with E-state index in [4.69, 9.17) is 5.73 Å². The second-order valence-corrected chi connectivity index (χ2v) is 8.81. The summed E-state index contributed by atoms with van der Waals surface area (Å²) < 4.78 is 0. The smallest absolute Gasteiger partial charge is 0.220 e. The van der Waals surface area contributed by atoms with E-state index in [1.54, 1.807) is 0 Å². The minimum Gasteiger partial charge on any atom is -0.369 e. The number of pyridine rings is 1. The largest absolute Gasteiger partial charge is 0.369 e. The number of hydrogen-bond donors (Lipinski definition) is 2. The molecule has 29 heavy (non-hydrogen) atoms. The molecule has 1 atom stereocenters. The third-order valence-electron chi connectivity index (χ3n) is 5.61. The zero-order chi connectivity index (χ0) is 19.9. The van der Waals surface area contributed by atoms with E-state index in [-0.39, 0.29) is 35.8 Å². The predicted molar refractivity (Wildman–Crippen MR) is 132 cm³/mol. The number of aliphatic imine (C=N–C) groups is 1. The first-order valence-electron chi connectivity index (χ1n) is 10.2. The van der Waals surface area contributed by atoms with Crippen LogP contribution in [-0.2, 0) is 11.3 Å². The maximum atomic E-state index is 11.4. The van der Waals surface area contributed by atoms with Crippen LogP contribution >= 0.6 is 35.7 Å². The molecular weight excluding hydrogens is 499 g/mol. The van der Waals surface area contributed by atoms with E-state index in [0.29, 0.717) is 11.8 Å². The molecule has 3 N–H and O–H groups in total. The van der Waals surface area contributed by atoms with Crippen LogP contribution in [0.4, 0.5) is 5.82 Å². The second-order valence-electron chi connectivity index (χ2n) is 7.40. The van der Waals surface area contributed by atoms with Crippen molar-refractivity contribution in [3.8, 4) is 0 Å². The summed E-state index contributed by atoms with van der Waals surface area (Å²) in [5.41, 5.74) is 6.62. The van der Waals surface area contributed by atoms with E-state index in [1.807, 2.05) is 19.3 Å². The van der Waals surface area contributed by atoms with Gasteiger partial charge in [-0.3, -0.25) is 9.79 Å². The van der Waals surface area contributed by atoms with Crippen LogP contribution in [0.2, 0.25) is 0 Å². The molecule has 3 rings (SSSR count). The highest BCUT2D eigenvalue weighted by Gasteiger charge is 2.25. The quantitative estimate of drug-likeness (QED) is 0.344. The molecule has 0 aliphatic carbocycles. The van der Waals surface area contributed by atoms with Crippen LogP contribution in [0.5, 0.6) is 0 Å². The summed E-state index contributed by atoms with van der Waals surface area (Å²) in [4.78, 5) is 25.2. The average molecular weight is 532 g/mol. The fraction of sp³-hybridized carbons (Fsp3) is 0.650. The zero-order valence-corrected chi connectivity index (χ0v) is 20.5. The maximum Gasteiger partial charge on any atom is 0.220 e. The molecule has 9 heteroatoms. The van der Waals surface area contributed by atoms with E-state index in [9.17, 15) is 4.79 Å². The van der Waals surface area contributed by atoms with Gasteiger partial charge in [-0.15, -0.1) is 24.0 Å². The highest BCUT2D eigenvalue weighted by Crippen LogP contribution is 2.25. The normalized spacial score (nSPS) is 20.9. The van der Waals surface area contributed by atoms with Gasteiger partial charge in [-0.2, -0.15) is 11.8 Å². The monoisotopic (exact) mass is 532 g/mol. The number of thioether (sulfide) groups is 1. The molecule has 2 saturated heterocycles. The molecule has 1 amide bonds. The van der Waals surface area contributed by atoms with Crippen molar-refractivity contribution in [3.05, 3.63) is 23.9 Å². The number of aromatic nitrogens is 1. The molecule has 7 nitrogen and oxygen atoms in total. The number of halogens is 1. The molecule has 1 aromatic heterocycles. The number of nitrogens with zero attached hydrogens (tertiary/aromatic N) is 4. The maximum absolute atomic E-state index is 11.4. The number of guanidine groups is 1. The van der Waals surface area contributed by atoms with Crippen molar-refractivity contribution in [2.45, 2.75) is 38.0 Å².